The first kappa shape index (κ1) is 15.7. The molecule has 1 aromatic carbocycles. The number of aromatic nitrogens is 2. The lowest BCUT2D eigenvalue weighted by Gasteiger charge is -2.41. The average Bonchev–Trinajstić information content (AvgIpc) is 3.09. The van der Waals surface area contributed by atoms with Crippen LogP contribution in [-0.2, 0) is 16.9 Å². The molecule has 1 fully saturated rings. The Morgan fingerprint density at radius 2 is 2.26 bits per heavy atom. The van der Waals surface area contributed by atoms with Crippen molar-refractivity contribution in [1.29, 1.82) is 0 Å². The van der Waals surface area contributed by atoms with Gasteiger partial charge in [-0.3, -0.25) is 14.4 Å². The van der Waals surface area contributed by atoms with E-state index in [0.29, 0.717) is 6.54 Å². The fraction of sp³-hybridized carbons (Fsp3) is 0.444. The maximum absolute atomic E-state index is 12.6. The highest BCUT2D eigenvalue weighted by Gasteiger charge is 2.43. The molecule has 1 atom stereocenters. The van der Waals surface area contributed by atoms with Gasteiger partial charge < -0.3 is 5.32 Å². The van der Waals surface area contributed by atoms with Crippen LogP contribution in [0.1, 0.15) is 24.0 Å². The summed E-state index contributed by atoms with van der Waals surface area (Å²) >= 11 is 0. The van der Waals surface area contributed by atoms with Crippen molar-refractivity contribution in [3.63, 3.8) is 0 Å². The molecule has 1 saturated heterocycles. The first-order valence-corrected chi connectivity index (χ1v) is 8.14. The number of hydrogen-bond donors (Lipinski definition) is 1. The molecule has 23 heavy (non-hydrogen) atoms. The van der Waals surface area contributed by atoms with Crippen LogP contribution in [0.3, 0.4) is 0 Å². The fourth-order valence-corrected chi connectivity index (χ4v) is 3.56. The second-order valence-electron chi connectivity index (χ2n) is 6.36. The molecule has 0 spiro atoms. The Labute approximate surface area is 137 Å². The second-order valence-corrected chi connectivity index (χ2v) is 6.36. The molecule has 122 valence electrons. The summed E-state index contributed by atoms with van der Waals surface area (Å²) in [5, 5.41) is 7.20. The Morgan fingerprint density at radius 3 is 2.96 bits per heavy atom. The van der Waals surface area contributed by atoms with Crippen LogP contribution in [-0.4, -0.2) is 40.7 Å². The topological polar surface area (TPSA) is 50.2 Å². The van der Waals surface area contributed by atoms with Gasteiger partial charge in [0.1, 0.15) is 0 Å². The predicted octanol–water partition coefficient (Wildman–Crippen LogP) is 1.93. The van der Waals surface area contributed by atoms with Crippen molar-refractivity contribution >= 4 is 5.91 Å². The number of carbonyl (C=O) groups is 1. The van der Waals surface area contributed by atoms with E-state index in [9.17, 15) is 4.79 Å². The maximum Gasteiger partial charge on any atom is 0.249 e. The van der Waals surface area contributed by atoms with Gasteiger partial charge in [0.15, 0.2) is 5.54 Å². The van der Waals surface area contributed by atoms with Gasteiger partial charge in [0.05, 0.1) is 0 Å². The van der Waals surface area contributed by atoms with Crippen molar-refractivity contribution in [3.8, 4) is 0 Å². The largest absolute Gasteiger partial charge is 0.357 e. The molecule has 0 aliphatic carbocycles. The molecule has 0 bridgehead atoms. The molecule has 5 nitrogen and oxygen atoms in total. The minimum atomic E-state index is -0.611. The first-order valence-electron chi connectivity index (χ1n) is 8.14. The third-order valence-electron chi connectivity index (χ3n) is 4.63. The van der Waals surface area contributed by atoms with Gasteiger partial charge in [-0.1, -0.05) is 29.8 Å². The first-order chi connectivity index (χ1) is 11.1. The van der Waals surface area contributed by atoms with Gasteiger partial charge >= 0.3 is 0 Å². The van der Waals surface area contributed by atoms with E-state index in [0.717, 1.165) is 25.9 Å². The van der Waals surface area contributed by atoms with Gasteiger partial charge in [-0.25, -0.2) is 0 Å². The Bertz CT molecular complexity index is 667. The zero-order chi connectivity index (χ0) is 16.3. The summed E-state index contributed by atoms with van der Waals surface area (Å²) in [4.78, 5) is 15.0. The molecule has 0 saturated carbocycles. The summed E-state index contributed by atoms with van der Waals surface area (Å²) in [7, 11) is 1.70. The van der Waals surface area contributed by atoms with Crippen LogP contribution in [0.4, 0.5) is 0 Å². The summed E-state index contributed by atoms with van der Waals surface area (Å²) in [5.74, 6) is 0.0372. The third kappa shape index (κ3) is 3.15. The molecular weight excluding hydrogens is 288 g/mol. The molecule has 3 rings (SSSR count). The SMILES string of the molecule is CNC(=O)C1(n2cccn2)CCCN(Cc2cccc(C)c2)C1. The van der Waals surface area contributed by atoms with Crippen LogP contribution in [0.15, 0.2) is 42.7 Å². The lowest BCUT2D eigenvalue weighted by Crippen LogP contribution is -2.57. The standard InChI is InChI=1S/C18H24N4O/c1-15-6-3-7-16(12-15)13-21-10-4-8-18(14-21,17(23)19-2)22-11-5-9-20-22/h3,5-7,9,11-12H,4,8,10,13-14H2,1-2H3,(H,19,23). The number of carbonyl (C=O) groups excluding carboxylic acids is 1. The van der Waals surface area contributed by atoms with Gasteiger partial charge in [0.2, 0.25) is 5.91 Å². The van der Waals surface area contributed by atoms with E-state index in [1.807, 2.05) is 16.9 Å². The molecule has 1 unspecified atom stereocenters. The van der Waals surface area contributed by atoms with E-state index in [2.05, 4.69) is 46.5 Å². The Balaban J connectivity index is 1.84. The normalized spacial score (nSPS) is 22.0. The number of hydrogen-bond acceptors (Lipinski definition) is 3. The highest BCUT2D eigenvalue weighted by Crippen LogP contribution is 2.29. The van der Waals surface area contributed by atoms with Gasteiger partial charge in [0, 0.05) is 32.5 Å². The smallest absolute Gasteiger partial charge is 0.249 e. The van der Waals surface area contributed by atoms with E-state index < -0.39 is 5.54 Å². The van der Waals surface area contributed by atoms with Gasteiger partial charge in [-0.05, 0) is 37.9 Å². The molecule has 2 heterocycles. The molecule has 1 N–H and O–H groups in total. The van der Waals surface area contributed by atoms with Crippen molar-refractivity contribution in [3.05, 3.63) is 53.9 Å². The second kappa shape index (κ2) is 6.54. The van der Waals surface area contributed by atoms with E-state index in [1.54, 1.807) is 13.2 Å². The summed E-state index contributed by atoms with van der Waals surface area (Å²) in [6, 6.07) is 10.4. The van der Waals surface area contributed by atoms with Crippen LogP contribution < -0.4 is 5.32 Å². The number of likely N-dealkylation sites (N-methyl/N-ethyl adjacent to an activating group) is 1. The number of rotatable bonds is 4. The number of aryl methyl sites for hydroxylation is 1. The van der Waals surface area contributed by atoms with Crippen molar-refractivity contribution in [2.45, 2.75) is 31.8 Å². The van der Waals surface area contributed by atoms with Crippen LogP contribution in [0, 0.1) is 6.92 Å². The van der Waals surface area contributed by atoms with Crippen LogP contribution in [0.2, 0.25) is 0 Å². The summed E-state index contributed by atoms with van der Waals surface area (Å²) < 4.78 is 1.83. The van der Waals surface area contributed by atoms with Gasteiger partial charge in [-0.2, -0.15) is 5.10 Å². The Kier molecular flexibility index (Phi) is 4.48. The molecule has 1 amide bonds. The predicted molar refractivity (Wildman–Crippen MR) is 90.0 cm³/mol. The van der Waals surface area contributed by atoms with Gasteiger partial charge in [-0.15, -0.1) is 0 Å². The van der Waals surface area contributed by atoms with E-state index in [-0.39, 0.29) is 5.91 Å². The molecule has 1 aliphatic heterocycles. The van der Waals surface area contributed by atoms with Crippen molar-refractivity contribution in [1.82, 2.24) is 20.0 Å². The third-order valence-corrected chi connectivity index (χ3v) is 4.63. The fourth-order valence-electron chi connectivity index (χ4n) is 3.56. The number of nitrogens with one attached hydrogen (secondary N) is 1. The van der Waals surface area contributed by atoms with Crippen molar-refractivity contribution in [2.75, 3.05) is 20.1 Å². The summed E-state index contributed by atoms with van der Waals surface area (Å²) in [6.07, 6.45) is 5.44. The molecule has 2 aromatic rings. The minimum Gasteiger partial charge on any atom is -0.357 e. The van der Waals surface area contributed by atoms with E-state index in [4.69, 9.17) is 0 Å². The van der Waals surface area contributed by atoms with E-state index >= 15 is 0 Å². The zero-order valence-electron chi connectivity index (χ0n) is 13.8. The average molecular weight is 312 g/mol. The van der Waals surface area contributed by atoms with Crippen LogP contribution in [0.25, 0.3) is 0 Å². The van der Waals surface area contributed by atoms with Crippen LogP contribution >= 0.6 is 0 Å². The highest BCUT2D eigenvalue weighted by molar-refractivity contribution is 5.84. The summed E-state index contributed by atoms with van der Waals surface area (Å²) in [5.41, 5.74) is 1.95. The summed E-state index contributed by atoms with van der Waals surface area (Å²) in [6.45, 7) is 4.66. The highest BCUT2D eigenvalue weighted by atomic mass is 16.2. The minimum absolute atomic E-state index is 0.0372. The Morgan fingerprint density at radius 1 is 1.39 bits per heavy atom. The number of benzene rings is 1. The van der Waals surface area contributed by atoms with Crippen molar-refractivity contribution in [2.24, 2.45) is 0 Å². The molecule has 0 radical (unpaired) electrons. The monoisotopic (exact) mass is 312 g/mol. The number of piperidine rings is 1. The van der Waals surface area contributed by atoms with Gasteiger partial charge in [0.25, 0.3) is 0 Å². The molecular formula is C18H24N4O. The van der Waals surface area contributed by atoms with Crippen LogP contribution in [0.5, 0.6) is 0 Å². The maximum atomic E-state index is 12.6. The molecule has 1 aliphatic rings. The number of amides is 1. The Hall–Kier alpha value is -2.14. The molecule has 5 heteroatoms. The van der Waals surface area contributed by atoms with Crippen molar-refractivity contribution < 1.29 is 4.79 Å². The lowest BCUT2D eigenvalue weighted by molar-refractivity contribution is -0.133. The van der Waals surface area contributed by atoms with E-state index in [1.165, 1.54) is 11.1 Å². The zero-order valence-corrected chi connectivity index (χ0v) is 13.8. The number of nitrogens with zero attached hydrogens (tertiary/aromatic N) is 3. The number of likely N-dealkylation sites (tertiary alicyclic amines) is 1. The quantitative estimate of drug-likeness (QED) is 0.938. The molecule has 1 aromatic heterocycles. The lowest BCUT2D eigenvalue weighted by atomic mass is 9.87.